The molecule has 28 heavy (non-hydrogen) atoms. The third-order valence-corrected chi connectivity index (χ3v) is 7.69. The minimum Gasteiger partial charge on any atom is -0.357 e. The lowest BCUT2D eigenvalue weighted by Crippen LogP contribution is -2.45. The lowest BCUT2D eigenvalue weighted by atomic mass is 10.2. The molecule has 1 fully saturated rings. The average molecular weight is 429 g/mol. The third-order valence-electron chi connectivity index (χ3n) is 5.19. The average Bonchev–Trinajstić information content (AvgIpc) is 3.42. The van der Waals surface area contributed by atoms with Crippen molar-refractivity contribution in [1.29, 1.82) is 0 Å². The number of hydrogen-bond acceptors (Lipinski definition) is 5. The molecule has 0 radical (unpaired) electrons. The summed E-state index contributed by atoms with van der Waals surface area (Å²) in [6, 6.07) is 12.8. The lowest BCUT2D eigenvalue weighted by molar-refractivity contribution is 0.122. The molecule has 5 heterocycles. The van der Waals surface area contributed by atoms with Crippen LogP contribution in [0, 0.1) is 0 Å². The molecule has 0 amide bonds. The quantitative estimate of drug-likeness (QED) is 0.467. The highest BCUT2D eigenvalue weighted by atomic mass is 35.5. The van der Waals surface area contributed by atoms with E-state index in [4.69, 9.17) is 11.6 Å². The summed E-state index contributed by atoms with van der Waals surface area (Å²) in [5, 5.41) is 1.19. The minimum atomic E-state index is 0.854. The predicted molar refractivity (Wildman–Crippen MR) is 119 cm³/mol. The molecule has 0 aliphatic carbocycles. The van der Waals surface area contributed by atoms with Crippen molar-refractivity contribution in [2.24, 2.45) is 0 Å². The molecule has 144 valence electrons. The van der Waals surface area contributed by atoms with E-state index < -0.39 is 0 Å². The van der Waals surface area contributed by atoms with Gasteiger partial charge in [-0.1, -0.05) is 11.6 Å². The number of halogens is 1. The van der Waals surface area contributed by atoms with Crippen LogP contribution in [-0.4, -0.2) is 45.9 Å². The summed E-state index contributed by atoms with van der Waals surface area (Å²) in [4.78, 5) is 16.8. The van der Waals surface area contributed by atoms with Crippen molar-refractivity contribution in [3.05, 3.63) is 63.7 Å². The van der Waals surface area contributed by atoms with Crippen LogP contribution < -0.4 is 0 Å². The lowest BCUT2D eigenvalue weighted by Gasteiger charge is -2.34. The van der Waals surface area contributed by atoms with E-state index in [0.29, 0.717) is 0 Å². The molecule has 4 aromatic rings. The van der Waals surface area contributed by atoms with Gasteiger partial charge in [-0.05, 0) is 36.4 Å². The van der Waals surface area contributed by atoms with E-state index in [1.165, 1.54) is 31.2 Å². The van der Waals surface area contributed by atoms with Crippen molar-refractivity contribution in [3.63, 3.8) is 0 Å². The van der Waals surface area contributed by atoms with Crippen molar-refractivity contribution in [1.82, 2.24) is 19.8 Å². The molecule has 0 saturated carbocycles. The Balaban J connectivity index is 1.15. The van der Waals surface area contributed by atoms with Crippen LogP contribution in [0.4, 0.5) is 0 Å². The molecule has 1 aliphatic heterocycles. The second kappa shape index (κ2) is 7.97. The van der Waals surface area contributed by atoms with Gasteiger partial charge in [0.2, 0.25) is 0 Å². The second-order valence-corrected chi connectivity index (χ2v) is 10.1. The minimum absolute atomic E-state index is 0.854. The van der Waals surface area contributed by atoms with E-state index in [9.17, 15) is 0 Å². The number of fused-ring (bicyclic) bond motifs is 1. The summed E-state index contributed by atoms with van der Waals surface area (Å²) in [7, 11) is 0. The van der Waals surface area contributed by atoms with Gasteiger partial charge in [0.25, 0.3) is 0 Å². The zero-order chi connectivity index (χ0) is 18.9. The molecular formula is C21H21ClN4S2. The van der Waals surface area contributed by atoms with Crippen LogP contribution in [0.5, 0.6) is 0 Å². The van der Waals surface area contributed by atoms with Gasteiger partial charge < -0.3 is 4.98 Å². The number of aromatic amines is 1. The van der Waals surface area contributed by atoms with Crippen LogP contribution in [0.25, 0.3) is 20.7 Å². The molecule has 1 N–H and O–H groups in total. The van der Waals surface area contributed by atoms with Gasteiger partial charge >= 0.3 is 0 Å². The highest BCUT2D eigenvalue weighted by Crippen LogP contribution is 2.35. The van der Waals surface area contributed by atoms with Gasteiger partial charge in [-0.25, -0.2) is 0 Å². The Morgan fingerprint density at radius 3 is 2.43 bits per heavy atom. The van der Waals surface area contributed by atoms with Crippen LogP contribution in [0.3, 0.4) is 0 Å². The number of nitrogens with zero attached hydrogens (tertiary/aromatic N) is 3. The van der Waals surface area contributed by atoms with Crippen LogP contribution in [0.2, 0.25) is 4.34 Å². The Bertz CT molecular complexity index is 1040. The standard InChI is InChI=1S/C21H21ClN4S2/c22-21-4-3-20(28-21)19-2-1-17(27-19)14-26-9-7-25(8-10-26)13-16-11-15-12-23-6-5-18(15)24-16/h1-6,11-12,24H,7-10,13-14H2. The summed E-state index contributed by atoms with van der Waals surface area (Å²) in [5.74, 6) is 0. The normalized spacial score (nSPS) is 16.2. The van der Waals surface area contributed by atoms with Crippen molar-refractivity contribution in [2.75, 3.05) is 26.2 Å². The zero-order valence-electron chi connectivity index (χ0n) is 15.4. The molecule has 4 nitrogen and oxygen atoms in total. The Morgan fingerprint density at radius 1 is 0.929 bits per heavy atom. The largest absolute Gasteiger partial charge is 0.357 e. The van der Waals surface area contributed by atoms with Gasteiger partial charge in [0.05, 0.1) is 4.34 Å². The van der Waals surface area contributed by atoms with Gasteiger partial charge in [-0.15, -0.1) is 22.7 Å². The zero-order valence-corrected chi connectivity index (χ0v) is 17.8. The highest BCUT2D eigenvalue weighted by molar-refractivity contribution is 7.24. The Hall–Kier alpha value is -1.70. The number of rotatable bonds is 5. The monoisotopic (exact) mass is 428 g/mol. The Labute approximate surface area is 177 Å². The summed E-state index contributed by atoms with van der Waals surface area (Å²) in [6.45, 7) is 6.44. The number of pyridine rings is 1. The van der Waals surface area contributed by atoms with Gasteiger partial charge in [-0.3, -0.25) is 14.8 Å². The molecule has 0 atom stereocenters. The van der Waals surface area contributed by atoms with Crippen molar-refractivity contribution in [3.8, 4) is 9.75 Å². The van der Waals surface area contributed by atoms with Crippen molar-refractivity contribution >= 4 is 45.2 Å². The van der Waals surface area contributed by atoms with E-state index in [-0.39, 0.29) is 0 Å². The maximum absolute atomic E-state index is 6.07. The van der Waals surface area contributed by atoms with Crippen LogP contribution in [-0.2, 0) is 13.1 Å². The molecule has 1 aliphatic rings. The van der Waals surface area contributed by atoms with Crippen molar-refractivity contribution in [2.45, 2.75) is 13.1 Å². The molecule has 5 rings (SSSR count). The first-order valence-electron chi connectivity index (χ1n) is 9.44. The van der Waals surface area contributed by atoms with Gasteiger partial charge in [0.1, 0.15) is 0 Å². The molecule has 0 bridgehead atoms. The first-order chi connectivity index (χ1) is 13.7. The van der Waals surface area contributed by atoms with Crippen LogP contribution in [0.1, 0.15) is 10.6 Å². The smallest absolute Gasteiger partial charge is 0.0935 e. The fourth-order valence-corrected chi connectivity index (χ4v) is 5.91. The highest BCUT2D eigenvalue weighted by Gasteiger charge is 2.18. The molecule has 4 aromatic heterocycles. The van der Waals surface area contributed by atoms with Gasteiger partial charge in [0, 0.05) is 82.9 Å². The maximum Gasteiger partial charge on any atom is 0.0935 e. The molecule has 7 heteroatoms. The summed E-state index contributed by atoms with van der Waals surface area (Å²) in [6.07, 6.45) is 3.76. The van der Waals surface area contributed by atoms with Gasteiger partial charge in [-0.2, -0.15) is 0 Å². The molecule has 1 saturated heterocycles. The van der Waals surface area contributed by atoms with Crippen LogP contribution in [0.15, 0.2) is 48.8 Å². The predicted octanol–water partition coefficient (Wildman–Crippen LogP) is 5.32. The number of H-pyrrole nitrogens is 1. The van der Waals surface area contributed by atoms with Gasteiger partial charge in [0.15, 0.2) is 0 Å². The van der Waals surface area contributed by atoms with E-state index in [1.54, 1.807) is 11.3 Å². The summed E-state index contributed by atoms with van der Waals surface area (Å²) in [5.41, 5.74) is 2.44. The third kappa shape index (κ3) is 4.02. The topological polar surface area (TPSA) is 35.2 Å². The van der Waals surface area contributed by atoms with E-state index in [2.05, 4.69) is 44.0 Å². The van der Waals surface area contributed by atoms with Crippen molar-refractivity contribution < 1.29 is 0 Å². The SMILES string of the molecule is Clc1ccc(-c2ccc(CN3CCN(Cc4cc5cnccc5[nH]4)CC3)s2)s1. The van der Waals surface area contributed by atoms with Crippen LogP contribution >= 0.6 is 34.3 Å². The molecule has 0 aromatic carbocycles. The number of thiophene rings is 2. The van der Waals surface area contributed by atoms with E-state index >= 15 is 0 Å². The number of piperazine rings is 1. The molecular weight excluding hydrogens is 408 g/mol. The number of aromatic nitrogens is 2. The number of nitrogens with one attached hydrogen (secondary N) is 1. The van der Waals surface area contributed by atoms with E-state index in [1.807, 2.05) is 35.9 Å². The molecule has 0 spiro atoms. The second-order valence-electron chi connectivity index (χ2n) is 7.18. The fraction of sp³-hybridized carbons (Fsp3) is 0.286. The first-order valence-corrected chi connectivity index (χ1v) is 11.4. The summed E-state index contributed by atoms with van der Waals surface area (Å²) >= 11 is 9.61. The molecule has 0 unspecified atom stereocenters. The van der Waals surface area contributed by atoms with E-state index in [0.717, 1.165) is 43.6 Å². The Kier molecular flexibility index (Phi) is 5.22. The maximum atomic E-state index is 6.07. The first kappa shape index (κ1) is 18.3. The fourth-order valence-electron chi connectivity index (χ4n) is 3.73. The summed E-state index contributed by atoms with van der Waals surface area (Å²) < 4.78 is 0.854. The number of hydrogen-bond donors (Lipinski definition) is 1. The Morgan fingerprint density at radius 2 is 1.68 bits per heavy atom.